The summed E-state index contributed by atoms with van der Waals surface area (Å²) in [5.41, 5.74) is -2.09. The number of rotatable bonds is 5. The van der Waals surface area contributed by atoms with E-state index < -0.39 is 46.5 Å². The van der Waals surface area contributed by atoms with Crippen molar-refractivity contribution >= 4 is 17.9 Å². The molecule has 0 heterocycles. The molecule has 0 aliphatic heterocycles. The van der Waals surface area contributed by atoms with Gasteiger partial charge in [0, 0.05) is 0 Å². The maximum atomic E-state index is 12.5. The van der Waals surface area contributed by atoms with Crippen LogP contribution in [0.3, 0.4) is 0 Å². The fourth-order valence-corrected chi connectivity index (χ4v) is 1.96. The summed E-state index contributed by atoms with van der Waals surface area (Å²) in [5, 5.41) is 0. The summed E-state index contributed by atoms with van der Waals surface area (Å²) >= 11 is 0. The molecule has 2 unspecified atom stereocenters. The fraction of sp³-hybridized carbons (Fsp3) is 0.842. The fourth-order valence-electron chi connectivity index (χ4n) is 1.96. The molecule has 0 aromatic carbocycles. The highest BCUT2D eigenvalue weighted by molar-refractivity contribution is 5.86. The maximum absolute atomic E-state index is 12.5. The largest absolute Gasteiger partial charge is 0.460 e. The van der Waals surface area contributed by atoms with Gasteiger partial charge in [-0.2, -0.15) is 0 Å². The van der Waals surface area contributed by atoms with E-state index in [1.807, 2.05) is 0 Å². The van der Waals surface area contributed by atoms with Gasteiger partial charge in [0.05, 0.1) is 18.3 Å². The molecule has 0 spiro atoms. The lowest BCUT2D eigenvalue weighted by Crippen LogP contribution is -2.39. The lowest BCUT2D eigenvalue weighted by molar-refractivity contribution is -0.176. The van der Waals surface area contributed by atoms with Crippen molar-refractivity contribution in [2.75, 3.05) is 0 Å². The average Bonchev–Trinajstić information content (AvgIpc) is 2.28. The zero-order valence-electron chi connectivity index (χ0n) is 17.3. The zero-order chi connectivity index (χ0) is 20.2. The van der Waals surface area contributed by atoms with Crippen LogP contribution in [-0.4, -0.2) is 34.7 Å². The Morgan fingerprint density at radius 1 is 0.680 bits per heavy atom. The average molecular weight is 358 g/mol. The number of hydrogen-bond acceptors (Lipinski definition) is 6. The van der Waals surface area contributed by atoms with Crippen molar-refractivity contribution in [1.82, 2.24) is 0 Å². The molecule has 0 aliphatic rings. The quantitative estimate of drug-likeness (QED) is 0.551. The van der Waals surface area contributed by atoms with Crippen LogP contribution in [0.1, 0.15) is 75.7 Å². The van der Waals surface area contributed by atoms with Crippen LogP contribution in [-0.2, 0) is 28.6 Å². The Kier molecular flexibility index (Phi) is 7.67. The molecule has 0 aromatic rings. The van der Waals surface area contributed by atoms with E-state index in [9.17, 15) is 14.4 Å². The molecule has 0 aliphatic carbocycles. The SMILES string of the molecule is CC(C(=O)OC(C)(C)C)C(CC(=O)OC(C)(C)C)C(=O)OC(C)(C)C. The zero-order valence-corrected chi connectivity index (χ0v) is 17.3. The Bertz CT molecular complexity index is 488. The molecule has 0 fully saturated rings. The van der Waals surface area contributed by atoms with Crippen molar-refractivity contribution in [2.45, 2.75) is 92.5 Å². The minimum absolute atomic E-state index is 0.243. The Hall–Kier alpha value is -1.59. The highest BCUT2D eigenvalue weighted by atomic mass is 16.6. The van der Waals surface area contributed by atoms with Crippen LogP contribution in [0, 0.1) is 11.8 Å². The normalized spacial score (nSPS) is 15.1. The van der Waals surface area contributed by atoms with E-state index in [1.165, 1.54) is 0 Å². The molecule has 0 radical (unpaired) electrons. The van der Waals surface area contributed by atoms with Crippen LogP contribution >= 0.6 is 0 Å². The summed E-state index contributed by atoms with van der Waals surface area (Å²) in [5.74, 6) is -3.52. The van der Waals surface area contributed by atoms with Crippen molar-refractivity contribution in [1.29, 1.82) is 0 Å². The molecular formula is C19H34O6. The Labute approximate surface area is 151 Å². The standard InChI is InChI=1S/C19H34O6/c1-12(15(21)24-18(5,6)7)13(16(22)25-19(8,9)10)11-14(20)23-17(2,3)4/h12-13H,11H2,1-10H3. The van der Waals surface area contributed by atoms with Crippen LogP contribution < -0.4 is 0 Å². The van der Waals surface area contributed by atoms with Crippen LogP contribution in [0.15, 0.2) is 0 Å². The first kappa shape index (κ1) is 23.4. The number of esters is 3. The van der Waals surface area contributed by atoms with Crippen molar-refractivity contribution in [2.24, 2.45) is 11.8 Å². The van der Waals surface area contributed by atoms with E-state index in [2.05, 4.69) is 0 Å². The molecule has 0 N–H and O–H groups in total. The van der Waals surface area contributed by atoms with E-state index in [0.717, 1.165) is 0 Å². The van der Waals surface area contributed by atoms with Crippen LogP contribution in [0.4, 0.5) is 0 Å². The molecule has 0 saturated carbocycles. The third kappa shape index (κ3) is 10.8. The van der Waals surface area contributed by atoms with E-state index >= 15 is 0 Å². The molecule has 0 bridgehead atoms. The highest BCUT2D eigenvalue weighted by Gasteiger charge is 2.38. The molecule has 25 heavy (non-hydrogen) atoms. The van der Waals surface area contributed by atoms with Gasteiger partial charge in [0.25, 0.3) is 0 Å². The van der Waals surface area contributed by atoms with Gasteiger partial charge in [0.1, 0.15) is 16.8 Å². The summed E-state index contributed by atoms with van der Waals surface area (Å²) in [7, 11) is 0. The maximum Gasteiger partial charge on any atom is 0.310 e. The van der Waals surface area contributed by atoms with E-state index in [-0.39, 0.29) is 6.42 Å². The van der Waals surface area contributed by atoms with Crippen LogP contribution in [0.5, 0.6) is 0 Å². The number of carbonyl (C=O) groups is 3. The van der Waals surface area contributed by atoms with E-state index in [0.29, 0.717) is 0 Å². The van der Waals surface area contributed by atoms with Crippen LogP contribution in [0.2, 0.25) is 0 Å². The second-order valence-corrected chi connectivity index (χ2v) is 9.25. The number of hydrogen-bond donors (Lipinski definition) is 0. The van der Waals surface area contributed by atoms with Crippen LogP contribution in [0.25, 0.3) is 0 Å². The predicted octanol–water partition coefficient (Wildman–Crippen LogP) is 3.65. The first-order valence-corrected chi connectivity index (χ1v) is 8.59. The molecule has 146 valence electrons. The monoisotopic (exact) mass is 358 g/mol. The summed E-state index contributed by atoms with van der Waals surface area (Å²) in [4.78, 5) is 37.1. The molecule has 0 rings (SSSR count). The molecule has 0 saturated heterocycles. The first-order valence-electron chi connectivity index (χ1n) is 8.59. The van der Waals surface area contributed by atoms with Crippen molar-refractivity contribution < 1.29 is 28.6 Å². The first-order chi connectivity index (χ1) is 10.9. The Balaban J connectivity index is 5.35. The van der Waals surface area contributed by atoms with Gasteiger partial charge in [-0.05, 0) is 62.3 Å². The van der Waals surface area contributed by atoms with Gasteiger partial charge in [-0.1, -0.05) is 6.92 Å². The molecule has 6 heteroatoms. The van der Waals surface area contributed by atoms with E-state index in [1.54, 1.807) is 69.2 Å². The van der Waals surface area contributed by atoms with Crippen molar-refractivity contribution in [3.63, 3.8) is 0 Å². The van der Waals surface area contributed by atoms with Gasteiger partial charge < -0.3 is 14.2 Å². The van der Waals surface area contributed by atoms with Gasteiger partial charge in [-0.3, -0.25) is 14.4 Å². The minimum Gasteiger partial charge on any atom is -0.460 e. The summed E-state index contributed by atoms with van der Waals surface area (Å²) < 4.78 is 16.0. The van der Waals surface area contributed by atoms with Gasteiger partial charge in [0.2, 0.25) is 0 Å². The van der Waals surface area contributed by atoms with Gasteiger partial charge in [-0.25, -0.2) is 0 Å². The molecule has 2 atom stereocenters. The Morgan fingerprint density at radius 3 is 1.40 bits per heavy atom. The lowest BCUT2D eigenvalue weighted by atomic mass is 9.90. The highest BCUT2D eigenvalue weighted by Crippen LogP contribution is 2.25. The van der Waals surface area contributed by atoms with Gasteiger partial charge >= 0.3 is 17.9 Å². The predicted molar refractivity (Wildman–Crippen MR) is 94.8 cm³/mol. The minimum atomic E-state index is -0.969. The van der Waals surface area contributed by atoms with Gasteiger partial charge in [-0.15, -0.1) is 0 Å². The second-order valence-electron chi connectivity index (χ2n) is 9.25. The Morgan fingerprint density at radius 2 is 1.04 bits per heavy atom. The van der Waals surface area contributed by atoms with Crippen molar-refractivity contribution in [3.05, 3.63) is 0 Å². The smallest absolute Gasteiger partial charge is 0.310 e. The lowest BCUT2D eigenvalue weighted by Gasteiger charge is -2.29. The van der Waals surface area contributed by atoms with Crippen molar-refractivity contribution in [3.8, 4) is 0 Å². The molecule has 6 nitrogen and oxygen atoms in total. The summed E-state index contributed by atoms with van der Waals surface area (Å²) in [6.45, 7) is 17.2. The molecular weight excluding hydrogens is 324 g/mol. The topological polar surface area (TPSA) is 78.9 Å². The summed E-state index contributed by atoms with van der Waals surface area (Å²) in [6, 6.07) is 0. The molecule has 0 amide bonds. The third-order valence-electron chi connectivity index (χ3n) is 2.90. The second kappa shape index (κ2) is 8.19. The number of carbonyl (C=O) groups excluding carboxylic acids is 3. The molecule has 0 aromatic heterocycles. The number of ether oxygens (including phenoxy) is 3. The summed E-state index contributed by atoms with van der Waals surface area (Å²) in [6.07, 6.45) is -0.243. The van der Waals surface area contributed by atoms with Gasteiger partial charge in [0.15, 0.2) is 0 Å². The van der Waals surface area contributed by atoms with E-state index in [4.69, 9.17) is 14.2 Å². The third-order valence-corrected chi connectivity index (χ3v) is 2.90.